The van der Waals surface area contributed by atoms with Gasteiger partial charge in [0.1, 0.15) is 0 Å². The molecule has 0 saturated heterocycles. The van der Waals surface area contributed by atoms with Gasteiger partial charge in [0.25, 0.3) is 0 Å². The maximum Gasteiger partial charge on any atom is 0.416 e. The van der Waals surface area contributed by atoms with Crippen molar-refractivity contribution in [2.75, 3.05) is 13.2 Å². The molecular weight excluding hydrogens is 283 g/mol. The van der Waals surface area contributed by atoms with Crippen LogP contribution in [-0.2, 0) is 6.18 Å². The molecule has 2 atom stereocenters. The highest BCUT2D eigenvalue weighted by Crippen LogP contribution is 2.29. The minimum Gasteiger partial charge on any atom is -0.396 e. The minimum absolute atomic E-state index is 0.0478. The van der Waals surface area contributed by atoms with Crippen LogP contribution >= 0.6 is 0 Å². The summed E-state index contributed by atoms with van der Waals surface area (Å²) in [5.41, 5.74) is -0.297. The molecule has 21 heavy (non-hydrogen) atoms. The van der Waals surface area contributed by atoms with Gasteiger partial charge in [0.05, 0.1) is 11.7 Å². The average Bonchev–Trinajstić information content (AvgIpc) is 2.42. The van der Waals surface area contributed by atoms with E-state index in [0.29, 0.717) is 12.0 Å². The summed E-state index contributed by atoms with van der Waals surface area (Å²) < 4.78 is 37.3. The summed E-state index contributed by atoms with van der Waals surface area (Å²) in [4.78, 5) is 0. The van der Waals surface area contributed by atoms with E-state index in [1.165, 1.54) is 12.1 Å². The van der Waals surface area contributed by atoms with Crippen molar-refractivity contribution in [2.45, 2.75) is 38.6 Å². The summed E-state index contributed by atoms with van der Waals surface area (Å²) in [6.07, 6.45) is -4.68. The molecule has 3 N–H and O–H groups in total. The molecule has 0 aliphatic heterocycles. The molecule has 6 heteroatoms. The number of rotatable bonds is 7. The van der Waals surface area contributed by atoms with E-state index in [2.05, 4.69) is 5.32 Å². The van der Waals surface area contributed by atoms with Crippen molar-refractivity contribution < 1.29 is 23.4 Å². The van der Waals surface area contributed by atoms with Crippen LogP contribution in [0.4, 0.5) is 13.2 Å². The zero-order valence-electron chi connectivity index (χ0n) is 12.2. The monoisotopic (exact) mass is 305 g/mol. The van der Waals surface area contributed by atoms with Crippen molar-refractivity contribution >= 4 is 0 Å². The molecule has 2 unspecified atom stereocenters. The summed E-state index contributed by atoms with van der Waals surface area (Å²) in [6, 6.07) is 4.55. The van der Waals surface area contributed by atoms with Gasteiger partial charge in [0.15, 0.2) is 0 Å². The van der Waals surface area contributed by atoms with E-state index in [0.717, 1.165) is 12.1 Å². The molecule has 0 saturated carbocycles. The maximum absolute atomic E-state index is 12.4. The standard InChI is InChI=1S/C15H22F3NO2/c1-10(2)13(7-8-20)19-9-14(21)11-3-5-12(6-4-11)15(16,17)18/h3-6,10,13-14,19-21H,7-9H2,1-2H3. The average molecular weight is 305 g/mol. The van der Waals surface area contributed by atoms with Gasteiger partial charge in [-0.2, -0.15) is 13.2 Å². The molecule has 0 spiro atoms. The summed E-state index contributed by atoms with van der Waals surface area (Å²) in [5, 5.41) is 22.1. The first-order chi connectivity index (χ1) is 9.75. The third-order valence-corrected chi connectivity index (χ3v) is 3.44. The van der Waals surface area contributed by atoms with Crippen LogP contribution in [0.1, 0.15) is 37.5 Å². The van der Waals surface area contributed by atoms with Gasteiger partial charge in [0, 0.05) is 19.2 Å². The molecule has 120 valence electrons. The van der Waals surface area contributed by atoms with Gasteiger partial charge in [-0.25, -0.2) is 0 Å². The third-order valence-electron chi connectivity index (χ3n) is 3.44. The van der Waals surface area contributed by atoms with E-state index in [4.69, 9.17) is 5.11 Å². The number of hydrogen-bond acceptors (Lipinski definition) is 3. The Hall–Kier alpha value is -1.11. The molecule has 0 bridgehead atoms. The number of nitrogens with one attached hydrogen (secondary N) is 1. The first-order valence-corrected chi connectivity index (χ1v) is 6.95. The van der Waals surface area contributed by atoms with E-state index in [9.17, 15) is 18.3 Å². The van der Waals surface area contributed by atoms with Crippen molar-refractivity contribution in [3.05, 3.63) is 35.4 Å². The summed E-state index contributed by atoms with van der Waals surface area (Å²) >= 11 is 0. The molecular formula is C15H22F3NO2. The second kappa shape index (κ2) is 7.77. The van der Waals surface area contributed by atoms with Crippen LogP contribution in [0.5, 0.6) is 0 Å². The van der Waals surface area contributed by atoms with E-state index >= 15 is 0 Å². The van der Waals surface area contributed by atoms with Crippen LogP contribution in [0.25, 0.3) is 0 Å². The molecule has 0 fully saturated rings. The highest BCUT2D eigenvalue weighted by molar-refractivity contribution is 5.26. The first-order valence-electron chi connectivity index (χ1n) is 6.95. The highest BCUT2D eigenvalue weighted by atomic mass is 19.4. The number of benzene rings is 1. The summed E-state index contributed by atoms with van der Waals surface area (Å²) in [6.45, 7) is 4.27. The lowest BCUT2D eigenvalue weighted by atomic mass is 10.0. The van der Waals surface area contributed by atoms with Crippen LogP contribution < -0.4 is 5.32 Å². The van der Waals surface area contributed by atoms with E-state index < -0.39 is 17.8 Å². The predicted octanol–water partition coefficient (Wildman–Crippen LogP) is 2.74. The largest absolute Gasteiger partial charge is 0.416 e. The topological polar surface area (TPSA) is 52.5 Å². The Morgan fingerprint density at radius 2 is 1.71 bits per heavy atom. The highest BCUT2D eigenvalue weighted by Gasteiger charge is 2.30. The fourth-order valence-corrected chi connectivity index (χ4v) is 2.09. The van der Waals surface area contributed by atoms with E-state index in [1.54, 1.807) is 0 Å². The summed E-state index contributed by atoms with van der Waals surface area (Å²) in [5.74, 6) is 0.289. The molecule has 1 aromatic rings. The van der Waals surface area contributed by atoms with Crippen LogP contribution in [0, 0.1) is 5.92 Å². The van der Waals surface area contributed by atoms with Crippen LogP contribution in [0.15, 0.2) is 24.3 Å². The first kappa shape index (κ1) is 17.9. The van der Waals surface area contributed by atoms with Gasteiger partial charge in [-0.15, -0.1) is 0 Å². The predicted molar refractivity (Wildman–Crippen MR) is 74.7 cm³/mol. The summed E-state index contributed by atoms with van der Waals surface area (Å²) in [7, 11) is 0. The van der Waals surface area contributed by atoms with Gasteiger partial charge in [-0.3, -0.25) is 0 Å². The van der Waals surface area contributed by atoms with Crippen molar-refractivity contribution in [1.82, 2.24) is 5.32 Å². The third kappa shape index (κ3) is 5.65. The van der Waals surface area contributed by atoms with Gasteiger partial charge in [-0.1, -0.05) is 26.0 Å². The Labute approximate surface area is 122 Å². The number of alkyl halides is 3. The number of halogens is 3. The van der Waals surface area contributed by atoms with Crippen LogP contribution in [-0.4, -0.2) is 29.4 Å². The lowest BCUT2D eigenvalue weighted by Crippen LogP contribution is -2.37. The molecule has 0 heterocycles. The Morgan fingerprint density at radius 1 is 1.14 bits per heavy atom. The molecule has 1 aromatic carbocycles. The zero-order chi connectivity index (χ0) is 16.0. The molecule has 0 aliphatic carbocycles. The molecule has 0 radical (unpaired) electrons. The lowest BCUT2D eigenvalue weighted by Gasteiger charge is -2.23. The fraction of sp³-hybridized carbons (Fsp3) is 0.600. The van der Waals surface area contributed by atoms with Crippen LogP contribution in [0.3, 0.4) is 0 Å². The van der Waals surface area contributed by atoms with Crippen molar-refractivity contribution in [2.24, 2.45) is 5.92 Å². The number of aliphatic hydroxyl groups is 2. The van der Waals surface area contributed by atoms with E-state index in [1.807, 2.05) is 13.8 Å². The second-order valence-electron chi connectivity index (χ2n) is 5.41. The Balaban J connectivity index is 2.61. The fourth-order valence-electron chi connectivity index (χ4n) is 2.09. The lowest BCUT2D eigenvalue weighted by molar-refractivity contribution is -0.137. The van der Waals surface area contributed by atoms with E-state index in [-0.39, 0.29) is 25.1 Å². The van der Waals surface area contributed by atoms with Crippen molar-refractivity contribution in [3.8, 4) is 0 Å². The Kier molecular flexibility index (Phi) is 6.64. The van der Waals surface area contributed by atoms with Crippen molar-refractivity contribution in [1.29, 1.82) is 0 Å². The quantitative estimate of drug-likeness (QED) is 0.726. The Morgan fingerprint density at radius 3 is 2.14 bits per heavy atom. The molecule has 1 rings (SSSR count). The molecule has 0 aliphatic rings. The second-order valence-corrected chi connectivity index (χ2v) is 5.41. The normalized spacial score (nSPS) is 15.2. The number of hydrogen-bond donors (Lipinski definition) is 3. The molecule has 0 aromatic heterocycles. The number of aliphatic hydroxyl groups excluding tert-OH is 2. The molecule has 3 nitrogen and oxygen atoms in total. The SMILES string of the molecule is CC(C)C(CCO)NCC(O)c1ccc(C(F)(F)F)cc1. The van der Waals surface area contributed by atoms with Crippen LogP contribution in [0.2, 0.25) is 0 Å². The maximum atomic E-state index is 12.4. The van der Waals surface area contributed by atoms with Gasteiger partial charge < -0.3 is 15.5 Å². The minimum atomic E-state index is -4.37. The van der Waals surface area contributed by atoms with Gasteiger partial charge in [0.2, 0.25) is 0 Å². The van der Waals surface area contributed by atoms with Gasteiger partial charge >= 0.3 is 6.18 Å². The zero-order valence-corrected chi connectivity index (χ0v) is 12.2. The Bertz CT molecular complexity index is 418. The van der Waals surface area contributed by atoms with Gasteiger partial charge in [-0.05, 0) is 30.0 Å². The molecule has 0 amide bonds. The smallest absolute Gasteiger partial charge is 0.396 e. The van der Waals surface area contributed by atoms with Crippen molar-refractivity contribution in [3.63, 3.8) is 0 Å².